The van der Waals surface area contributed by atoms with Gasteiger partial charge in [0.25, 0.3) is 5.69 Å². The number of non-ortho nitro benzene ring substituents is 1. The van der Waals surface area contributed by atoms with Crippen LogP contribution in [0, 0.1) is 10.1 Å². The fourth-order valence-electron chi connectivity index (χ4n) is 2.42. The van der Waals surface area contributed by atoms with Gasteiger partial charge in [-0.2, -0.15) is 0 Å². The van der Waals surface area contributed by atoms with Crippen molar-refractivity contribution in [1.82, 2.24) is 4.90 Å². The summed E-state index contributed by atoms with van der Waals surface area (Å²) in [5.74, 6) is 0.516. The zero-order valence-corrected chi connectivity index (χ0v) is 11.3. The van der Waals surface area contributed by atoms with E-state index in [0.717, 1.165) is 31.6 Å². The molecule has 0 aromatic heterocycles. The first-order valence-electron chi connectivity index (χ1n) is 6.37. The molecule has 0 amide bonds. The molecule has 1 atom stereocenters. The van der Waals surface area contributed by atoms with E-state index >= 15 is 0 Å². The van der Waals surface area contributed by atoms with Gasteiger partial charge in [0.05, 0.1) is 23.8 Å². The van der Waals surface area contributed by atoms with E-state index in [2.05, 4.69) is 17.3 Å². The Labute approximate surface area is 112 Å². The average Bonchev–Trinajstić information content (AvgIpc) is 2.39. The lowest BCUT2D eigenvalue weighted by Crippen LogP contribution is -2.39. The summed E-state index contributed by atoms with van der Waals surface area (Å²) >= 11 is 0. The van der Waals surface area contributed by atoms with Gasteiger partial charge in [0.2, 0.25) is 0 Å². The minimum atomic E-state index is -0.416. The second-order valence-corrected chi connectivity index (χ2v) is 4.89. The topological polar surface area (TPSA) is 67.6 Å². The number of likely N-dealkylation sites (tertiary alicyclic amines) is 1. The fraction of sp³-hybridized carbons (Fsp3) is 0.538. The first-order chi connectivity index (χ1) is 9.10. The summed E-state index contributed by atoms with van der Waals surface area (Å²) in [6.45, 7) is 2.09. The van der Waals surface area contributed by atoms with Crippen LogP contribution in [0.5, 0.6) is 5.75 Å². The second-order valence-electron chi connectivity index (χ2n) is 4.89. The number of likely N-dealkylation sites (N-methyl/N-ethyl adjacent to an activating group) is 1. The molecule has 2 rings (SSSR count). The number of methoxy groups -OCH3 is 1. The monoisotopic (exact) mass is 265 g/mol. The van der Waals surface area contributed by atoms with E-state index in [-0.39, 0.29) is 5.69 Å². The van der Waals surface area contributed by atoms with Crippen LogP contribution >= 0.6 is 0 Å². The number of nitro groups is 1. The van der Waals surface area contributed by atoms with E-state index in [4.69, 9.17) is 4.74 Å². The fourth-order valence-corrected chi connectivity index (χ4v) is 2.42. The zero-order valence-electron chi connectivity index (χ0n) is 11.3. The van der Waals surface area contributed by atoms with Crippen molar-refractivity contribution in [3.8, 4) is 5.75 Å². The molecule has 0 radical (unpaired) electrons. The Balaban J connectivity index is 2.13. The summed E-state index contributed by atoms with van der Waals surface area (Å²) in [7, 11) is 3.62. The van der Waals surface area contributed by atoms with E-state index in [1.54, 1.807) is 6.07 Å². The van der Waals surface area contributed by atoms with Gasteiger partial charge in [-0.3, -0.25) is 10.1 Å². The number of anilines is 1. The number of hydrogen-bond acceptors (Lipinski definition) is 5. The van der Waals surface area contributed by atoms with Gasteiger partial charge in [-0.05, 0) is 32.5 Å². The van der Waals surface area contributed by atoms with Gasteiger partial charge >= 0.3 is 0 Å². The molecule has 6 heteroatoms. The highest BCUT2D eigenvalue weighted by atomic mass is 16.6. The highest BCUT2D eigenvalue weighted by Crippen LogP contribution is 2.30. The Bertz CT molecular complexity index is 464. The molecule has 0 saturated carbocycles. The normalized spacial score (nSPS) is 20.0. The lowest BCUT2D eigenvalue weighted by Gasteiger charge is -2.31. The number of benzene rings is 1. The van der Waals surface area contributed by atoms with Crippen molar-refractivity contribution in [1.29, 1.82) is 0 Å². The largest absolute Gasteiger partial charge is 0.494 e. The minimum absolute atomic E-state index is 0.0446. The maximum atomic E-state index is 10.7. The van der Waals surface area contributed by atoms with Crippen LogP contribution in [0.25, 0.3) is 0 Å². The van der Waals surface area contributed by atoms with Crippen molar-refractivity contribution < 1.29 is 9.66 Å². The number of piperidine rings is 1. The van der Waals surface area contributed by atoms with Gasteiger partial charge in [0, 0.05) is 18.7 Å². The second kappa shape index (κ2) is 5.88. The number of rotatable bonds is 4. The van der Waals surface area contributed by atoms with Gasteiger partial charge in [-0.25, -0.2) is 0 Å². The molecule has 1 aromatic rings. The standard InChI is InChI=1S/C13H19N3O3/c1-15-7-3-4-10(9-15)14-12-6-5-11(16(17)18)8-13(12)19-2/h5-6,8,10,14H,3-4,7,9H2,1-2H3. The summed E-state index contributed by atoms with van der Waals surface area (Å²) in [5.41, 5.74) is 0.858. The highest BCUT2D eigenvalue weighted by molar-refractivity contribution is 5.61. The molecule has 0 aliphatic carbocycles. The van der Waals surface area contributed by atoms with Crippen LogP contribution in [0.2, 0.25) is 0 Å². The smallest absolute Gasteiger partial charge is 0.273 e. The molecule has 1 fully saturated rings. The zero-order chi connectivity index (χ0) is 13.8. The predicted molar refractivity (Wildman–Crippen MR) is 73.8 cm³/mol. The molecule has 1 saturated heterocycles. The first-order valence-corrected chi connectivity index (χ1v) is 6.37. The number of nitro benzene ring substituents is 1. The Morgan fingerprint density at radius 1 is 1.53 bits per heavy atom. The number of nitrogens with zero attached hydrogens (tertiary/aromatic N) is 2. The van der Waals surface area contributed by atoms with Crippen LogP contribution in [0.1, 0.15) is 12.8 Å². The van der Waals surface area contributed by atoms with Crippen molar-refractivity contribution in [3.63, 3.8) is 0 Å². The van der Waals surface area contributed by atoms with Gasteiger partial charge < -0.3 is 15.0 Å². The van der Waals surface area contributed by atoms with E-state index in [1.807, 2.05) is 0 Å². The van der Waals surface area contributed by atoms with E-state index < -0.39 is 4.92 Å². The molecule has 19 heavy (non-hydrogen) atoms. The van der Waals surface area contributed by atoms with Crippen LogP contribution in [-0.2, 0) is 0 Å². The predicted octanol–water partition coefficient (Wildman–Crippen LogP) is 2.11. The quantitative estimate of drug-likeness (QED) is 0.667. The van der Waals surface area contributed by atoms with Gasteiger partial charge in [-0.1, -0.05) is 0 Å². The van der Waals surface area contributed by atoms with Crippen molar-refractivity contribution in [2.45, 2.75) is 18.9 Å². The van der Waals surface area contributed by atoms with Gasteiger partial charge in [0.1, 0.15) is 5.75 Å². The molecule has 1 unspecified atom stereocenters. The van der Waals surface area contributed by atoms with Crippen LogP contribution in [-0.4, -0.2) is 43.1 Å². The molecule has 1 aliphatic heterocycles. The van der Waals surface area contributed by atoms with Crippen LogP contribution in [0.4, 0.5) is 11.4 Å². The Hall–Kier alpha value is -1.82. The van der Waals surface area contributed by atoms with Gasteiger partial charge in [0.15, 0.2) is 0 Å². The number of ether oxygens (including phenoxy) is 1. The molecular weight excluding hydrogens is 246 g/mol. The lowest BCUT2D eigenvalue weighted by molar-refractivity contribution is -0.384. The molecule has 0 bridgehead atoms. The molecule has 1 heterocycles. The lowest BCUT2D eigenvalue weighted by atomic mass is 10.1. The number of nitrogens with one attached hydrogen (secondary N) is 1. The maximum absolute atomic E-state index is 10.7. The summed E-state index contributed by atoms with van der Waals surface area (Å²) in [6.07, 6.45) is 2.26. The van der Waals surface area contributed by atoms with E-state index in [1.165, 1.54) is 19.2 Å². The average molecular weight is 265 g/mol. The molecule has 1 aromatic carbocycles. The van der Waals surface area contributed by atoms with Gasteiger partial charge in [-0.15, -0.1) is 0 Å². The molecule has 104 valence electrons. The minimum Gasteiger partial charge on any atom is -0.494 e. The maximum Gasteiger partial charge on any atom is 0.273 e. The molecule has 1 aliphatic rings. The molecule has 0 spiro atoms. The molecule has 1 N–H and O–H groups in total. The van der Waals surface area contributed by atoms with E-state index in [0.29, 0.717) is 11.8 Å². The first kappa shape index (κ1) is 13.6. The SMILES string of the molecule is COc1cc([N+](=O)[O-])ccc1NC1CCCN(C)C1. The summed E-state index contributed by atoms with van der Waals surface area (Å²) in [6, 6.07) is 5.02. The van der Waals surface area contributed by atoms with Crippen molar-refractivity contribution >= 4 is 11.4 Å². The third-order valence-corrected chi connectivity index (χ3v) is 3.38. The van der Waals surface area contributed by atoms with Crippen LogP contribution in [0.3, 0.4) is 0 Å². The molecular formula is C13H19N3O3. The number of hydrogen-bond donors (Lipinski definition) is 1. The highest BCUT2D eigenvalue weighted by Gasteiger charge is 2.19. The third kappa shape index (κ3) is 3.35. The third-order valence-electron chi connectivity index (χ3n) is 3.38. The van der Waals surface area contributed by atoms with Crippen molar-refractivity contribution in [2.75, 3.05) is 32.6 Å². The Kier molecular flexibility index (Phi) is 4.21. The van der Waals surface area contributed by atoms with Crippen LogP contribution < -0.4 is 10.1 Å². The van der Waals surface area contributed by atoms with E-state index in [9.17, 15) is 10.1 Å². The summed E-state index contributed by atoms with van der Waals surface area (Å²) in [5, 5.41) is 14.1. The Morgan fingerprint density at radius 3 is 2.95 bits per heavy atom. The van der Waals surface area contributed by atoms with Crippen molar-refractivity contribution in [2.24, 2.45) is 0 Å². The molecule has 6 nitrogen and oxygen atoms in total. The summed E-state index contributed by atoms with van der Waals surface area (Å²) < 4.78 is 5.22. The Morgan fingerprint density at radius 2 is 2.32 bits per heavy atom. The van der Waals surface area contributed by atoms with Crippen molar-refractivity contribution in [3.05, 3.63) is 28.3 Å². The summed E-state index contributed by atoms with van der Waals surface area (Å²) in [4.78, 5) is 12.6. The van der Waals surface area contributed by atoms with Crippen LogP contribution in [0.15, 0.2) is 18.2 Å².